The van der Waals surface area contributed by atoms with Crippen LogP contribution in [-0.4, -0.2) is 26.6 Å². The normalized spacial score (nSPS) is 11.1. The van der Waals surface area contributed by atoms with Crippen LogP contribution >= 0.6 is 0 Å². The fourth-order valence-corrected chi connectivity index (χ4v) is 3.32. The van der Waals surface area contributed by atoms with Crippen LogP contribution in [0.5, 0.6) is 0 Å². The highest BCUT2D eigenvalue weighted by atomic mass is 16.2. The molecule has 1 N–H and O–H groups in total. The lowest BCUT2D eigenvalue weighted by Gasteiger charge is -2.09. The SMILES string of the molecule is Cc1cccc2c1ccn2CCNC(=O)Cn1cnc2ccccc2c1=O. The Morgan fingerprint density at radius 2 is 1.89 bits per heavy atom. The summed E-state index contributed by atoms with van der Waals surface area (Å²) in [6.45, 7) is 3.21. The number of rotatable bonds is 5. The molecule has 4 rings (SSSR count). The molecule has 0 radical (unpaired) electrons. The monoisotopic (exact) mass is 360 g/mol. The minimum absolute atomic E-state index is 0.0395. The second-order valence-corrected chi connectivity index (χ2v) is 6.56. The molecule has 0 saturated carbocycles. The number of carbonyl (C=O) groups is 1. The van der Waals surface area contributed by atoms with E-state index < -0.39 is 0 Å². The molecule has 0 aliphatic carbocycles. The van der Waals surface area contributed by atoms with Gasteiger partial charge in [0.1, 0.15) is 6.54 Å². The second kappa shape index (κ2) is 7.07. The number of hydrogen-bond acceptors (Lipinski definition) is 3. The molecule has 2 aromatic heterocycles. The first-order valence-corrected chi connectivity index (χ1v) is 8.89. The lowest BCUT2D eigenvalue weighted by molar-refractivity contribution is -0.121. The number of nitrogens with zero attached hydrogens (tertiary/aromatic N) is 3. The van der Waals surface area contributed by atoms with Crippen molar-refractivity contribution in [1.29, 1.82) is 0 Å². The number of fused-ring (bicyclic) bond motifs is 2. The van der Waals surface area contributed by atoms with E-state index in [9.17, 15) is 9.59 Å². The largest absolute Gasteiger partial charge is 0.353 e. The van der Waals surface area contributed by atoms with Crippen LogP contribution in [0.4, 0.5) is 0 Å². The molecule has 2 aromatic carbocycles. The van der Waals surface area contributed by atoms with Gasteiger partial charge < -0.3 is 9.88 Å². The van der Waals surface area contributed by atoms with Crippen molar-refractivity contribution in [1.82, 2.24) is 19.4 Å². The van der Waals surface area contributed by atoms with Gasteiger partial charge in [-0.2, -0.15) is 0 Å². The summed E-state index contributed by atoms with van der Waals surface area (Å²) in [5.74, 6) is -0.207. The molecule has 27 heavy (non-hydrogen) atoms. The Bertz CT molecular complexity index is 1190. The van der Waals surface area contributed by atoms with Gasteiger partial charge in [0.05, 0.1) is 17.2 Å². The molecule has 0 spiro atoms. The number of nitrogens with one attached hydrogen (secondary N) is 1. The summed E-state index contributed by atoms with van der Waals surface area (Å²) in [7, 11) is 0. The van der Waals surface area contributed by atoms with Crippen molar-refractivity contribution in [3.05, 3.63) is 77.0 Å². The van der Waals surface area contributed by atoms with E-state index in [2.05, 4.69) is 40.0 Å². The van der Waals surface area contributed by atoms with Crippen LogP contribution in [0.3, 0.4) is 0 Å². The van der Waals surface area contributed by atoms with Crippen LogP contribution in [-0.2, 0) is 17.9 Å². The molecule has 0 saturated heterocycles. The number of hydrogen-bond donors (Lipinski definition) is 1. The summed E-state index contributed by atoms with van der Waals surface area (Å²) in [5.41, 5.74) is 2.81. The number of aromatic nitrogens is 3. The van der Waals surface area contributed by atoms with Crippen LogP contribution in [0, 0.1) is 6.92 Å². The lowest BCUT2D eigenvalue weighted by Crippen LogP contribution is -2.34. The smallest absolute Gasteiger partial charge is 0.261 e. The van der Waals surface area contributed by atoms with Gasteiger partial charge in [-0.1, -0.05) is 24.3 Å². The third-order valence-corrected chi connectivity index (χ3v) is 4.75. The van der Waals surface area contributed by atoms with E-state index in [4.69, 9.17) is 0 Å². The van der Waals surface area contributed by atoms with Crippen molar-refractivity contribution in [2.24, 2.45) is 0 Å². The van der Waals surface area contributed by atoms with Crippen LogP contribution in [0.25, 0.3) is 21.8 Å². The molecule has 0 bridgehead atoms. The lowest BCUT2D eigenvalue weighted by atomic mass is 10.1. The Balaban J connectivity index is 1.41. The first-order chi connectivity index (χ1) is 13.1. The number of aryl methyl sites for hydroxylation is 1. The van der Waals surface area contributed by atoms with Crippen molar-refractivity contribution in [2.45, 2.75) is 20.0 Å². The summed E-state index contributed by atoms with van der Waals surface area (Å²) >= 11 is 0. The van der Waals surface area contributed by atoms with Gasteiger partial charge in [0.15, 0.2) is 0 Å². The topological polar surface area (TPSA) is 68.9 Å². The maximum absolute atomic E-state index is 12.4. The van der Waals surface area contributed by atoms with E-state index in [1.54, 1.807) is 18.2 Å². The molecule has 0 aliphatic rings. The minimum atomic E-state index is -0.207. The van der Waals surface area contributed by atoms with Gasteiger partial charge in [-0.25, -0.2) is 4.98 Å². The van der Waals surface area contributed by atoms with Crippen molar-refractivity contribution in [3.63, 3.8) is 0 Å². The maximum atomic E-state index is 12.4. The van der Waals surface area contributed by atoms with Crippen LogP contribution < -0.4 is 10.9 Å². The first kappa shape index (κ1) is 17.0. The average Bonchev–Trinajstić information content (AvgIpc) is 3.09. The number of benzene rings is 2. The molecule has 0 aliphatic heterocycles. The van der Waals surface area contributed by atoms with Gasteiger partial charge in [0.25, 0.3) is 5.56 Å². The summed E-state index contributed by atoms with van der Waals surface area (Å²) in [5, 5.41) is 4.61. The first-order valence-electron chi connectivity index (χ1n) is 8.89. The average molecular weight is 360 g/mol. The van der Waals surface area contributed by atoms with Gasteiger partial charge >= 0.3 is 0 Å². The van der Waals surface area contributed by atoms with Gasteiger partial charge in [0, 0.05) is 30.2 Å². The minimum Gasteiger partial charge on any atom is -0.353 e. The second-order valence-electron chi connectivity index (χ2n) is 6.56. The van der Waals surface area contributed by atoms with E-state index >= 15 is 0 Å². The molecular formula is C21H20N4O2. The predicted molar refractivity (Wildman–Crippen MR) is 106 cm³/mol. The van der Waals surface area contributed by atoms with Gasteiger partial charge in [0.2, 0.25) is 5.91 Å². The Hall–Kier alpha value is -3.41. The van der Waals surface area contributed by atoms with Gasteiger partial charge in [-0.05, 0) is 36.8 Å². The fraction of sp³-hybridized carbons (Fsp3) is 0.190. The molecule has 0 atom stereocenters. The Labute approximate surface area is 156 Å². The van der Waals surface area contributed by atoms with Crippen LogP contribution in [0.1, 0.15) is 5.56 Å². The molecule has 136 valence electrons. The van der Waals surface area contributed by atoms with Crippen molar-refractivity contribution in [2.75, 3.05) is 6.54 Å². The van der Waals surface area contributed by atoms with Crippen molar-refractivity contribution < 1.29 is 4.79 Å². The Morgan fingerprint density at radius 3 is 2.78 bits per heavy atom. The summed E-state index contributed by atoms with van der Waals surface area (Å²) in [6, 6.07) is 15.4. The molecular weight excluding hydrogens is 340 g/mol. The van der Waals surface area contributed by atoms with E-state index in [-0.39, 0.29) is 18.0 Å². The predicted octanol–water partition coefficient (Wildman–Crippen LogP) is 2.48. The summed E-state index contributed by atoms with van der Waals surface area (Å²) in [6.07, 6.45) is 3.45. The summed E-state index contributed by atoms with van der Waals surface area (Å²) < 4.78 is 3.46. The van der Waals surface area contributed by atoms with Gasteiger partial charge in [-0.15, -0.1) is 0 Å². The third kappa shape index (κ3) is 3.33. The van der Waals surface area contributed by atoms with E-state index in [0.717, 1.165) is 5.52 Å². The third-order valence-electron chi connectivity index (χ3n) is 4.75. The highest BCUT2D eigenvalue weighted by Crippen LogP contribution is 2.19. The highest BCUT2D eigenvalue weighted by Gasteiger charge is 2.08. The van der Waals surface area contributed by atoms with E-state index in [1.807, 2.05) is 18.3 Å². The standard InChI is InChI=1S/C21H20N4O2/c1-15-5-4-8-19-16(15)9-11-24(19)12-10-22-20(26)13-25-14-23-18-7-3-2-6-17(18)21(25)27/h2-9,11,14H,10,12-13H2,1H3,(H,22,26). The number of carbonyl (C=O) groups excluding carboxylic acids is 1. The highest BCUT2D eigenvalue weighted by molar-refractivity contribution is 5.83. The molecule has 0 fully saturated rings. The Morgan fingerprint density at radius 1 is 1.04 bits per heavy atom. The molecule has 4 aromatic rings. The maximum Gasteiger partial charge on any atom is 0.261 e. The zero-order chi connectivity index (χ0) is 18.8. The molecule has 2 heterocycles. The molecule has 6 nitrogen and oxygen atoms in total. The van der Waals surface area contributed by atoms with Crippen molar-refractivity contribution in [3.8, 4) is 0 Å². The quantitative estimate of drug-likeness (QED) is 0.594. The van der Waals surface area contributed by atoms with Crippen LogP contribution in [0.2, 0.25) is 0 Å². The number of amides is 1. The van der Waals surface area contributed by atoms with Gasteiger partial charge in [-0.3, -0.25) is 14.2 Å². The summed E-state index contributed by atoms with van der Waals surface area (Å²) in [4.78, 5) is 28.9. The van der Waals surface area contributed by atoms with Crippen LogP contribution in [0.15, 0.2) is 65.8 Å². The molecule has 1 amide bonds. The van der Waals surface area contributed by atoms with Crippen molar-refractivity contribution >= 4 is 27.7 Å². The zero-order valence-corrected chi connectivity index (χ0v) is 15.1. The molecule has 6 heteroatoms. The molecule has 0 unspecified atom stereocenters. The number of para-hydroxylation sites is 1. The fourth-order valence-electron chi connectivity index (χ4n) is 3.32. The van der Waals surface area contributed by atoms with E-state index in [1.165, 1.54) is 21.8 Å². The Kier molecular flexibility index (Phi) is 4.46. The zero-order valence-electron chi connectivity index (χ0n) is 15.1. The van der Waals surface area contributed by atoms with E-state index in [0.29, 0.717) is 24.0 Å².